The smallest absolute Gasteiger partial charge is 0.396 e. The van der Waals surface area contributed by atoms with Crippen molar-refractivity contribution in [2.24, 2.45) is 0 Å². The number of hydrogen-bond donors (Lipinski definition) is 1. The van der Waals surface area contributed by atoms with Crippen molar-refractivity contribution < 1.29 is 18.3 Å². The molecular formula is C15H15F3N2O. The van der Waals surface area contributed by atoms with Crippen molar-refractivity contribution in [3.63, 3.8) is 0 Å². The predicted octanol–water partition coefficient (Wildman–Crippen LogP) is 3.44. The highest BCUT2D eigenvalue weighted by Gasteiger charge is 2.31. The fourth-order valence-corrected chi connectivity index (χ4v) is 2.84. The zero-order valence-electron chi connectivity index (χ0n) is 11.3. The lowest BCUT2D eigenvalue weighted by molar-refractivity contribution is -0.137. The fraction of sp³-hybridized carbons (Fsp3) is 0.400. The summed E-state index contributed by atoms with van der Waals surface area (Å²) in [4.78, 5) is 4.27. The Bertz CT molecular complexity index is 649. The van der Waals surface area contributed by atoms with Gasteiger partial charge in [-0.2, -0.15) is 13.2 Å². The van der Waals surface area contributed by atoms with E-state index in [4.69, 9.17) is 0 Å². The molecule has 1 aliphatic rings. The molecule has 0 aliphatic carbocycles. The maximum atomic E-state index is 12.8. The molecule has 1 atom stereocenters. The lowest BCUT2D eigenvalue weighted by atomic mass is 9.97. The summed E-state index contributed by atoms with van der Waals surface area (Å²) in [5, 5.41) is 9.38. The van der Waals surface area contributed by atoms with Crippen molar-refractivity contribution in [3.05, 3.63) is 41.7 Å². The molecule has 3 nitrogen and oxygen atoms in total. The van der Waals surface area contributed by atoms with Gasteiger partial charge in [0.05, 0.1) is 12.2 Å². The third-order valence-corrected chi connectivity index (χ3v) is 3.91. The van der Waals surface area contributed by atoms with Crippen LogP contribution in [0.25, 0.3) is 11.4 Å². The summed E-state index contributed by atoms with van der Waals surface area (Å²) in [5.74, 6) is 0.556. The molecular weight excluding hydrogens is 281 g/mol. The molecule has 112 valence electrons. The van der Waals surface area contributed by atoms with Gasteiger partial charge >= 0.3 is 6.18 Å². The summed E-state index contributed by atoms with van der Waals surface area (Å²) in [7, 11) is 0. The Morgan fingerprint density at radius 3 is 2.86 bits per heavy atom. The Hall–Kier alpha value is -1.82. The first kappa shape index (κ1) is 14.1. The van der Waals surface area contributed by atoms with Crippen LogP contribution in [0.5, 0.6) is 0 Å². The number of rotatable bonds is 2. The summed E-state index contributed by atoms with van der Waals surface area (Å²) in [6.07, 6.45) is -0.929. The molecule has 0 amide bonds. The normalized spacial score (nSPS) is 18.6. The number of alkyl halides is 3. The zero-order chi connectivity index (χ0) is 15.0. The summed E-state index contributed by atoms with van der Waals surface area (Å²) in [6.45, 7) is 0.755. The summed E-state index contributed by atoms with van der Waals surface area (Å²) in [6, 6.07) is 5.21. The zero-order valence-corrected chi connectivity index (χ0v) is 11.3. The van der Waals surface area contributed by atoms with Gasteiger partial charge in [-0.3, -0.25) is 0 Å². The molecule has 6 heteroatoms. The Morgan fingerprint density at radius 2 is 2.14 bits per heavy atom. The van der Waals surface area contributed by atoms with Gasteiger partial charge in [0.2, 0.25) is 0 Å². The molecule has 2 aromatic rings. The second-order valence-corrected chi connectivity index (χ2v) is 5.26. The molecule has 1 aromatic carbocycles. The van der Waals surface area contributed by atoms with Gasteiger partial charge in [-0.05, 0) is 25.0 Å². The first-order valence-electron chi connectivity index (χ1n) is 6.84. The van der Waals surface area contributed by atoms with Crippen LogP contribution in [0.15, 0.2) is 30.5 Å². The van der Waals surface area contributed by atoms with Crippen LogP contribution in [0.1, 0.15) is 30.0 Å². The van der Waals surface area contributed by atoms with Gasteiger partial charge < -0.3 is 9.67 Å². The van der Waals surface area contributed by atoms with E-state index in [1.807, 2.05) is 4.57 Å². The van der Waals surface area contributed by atoms with E-state index in [0.29, 0.717) is 11.4 Å². The maximum Gasteiger partial charge on any atom is 0.416 e. The number of halogens is 3. The van der Waals surface area contributed by atoms with Crippen molar-refractivity contribution in [2.45, 2.75) is 31.5 Å². The van der Waals surface area contributed by atoms with Crippen LogP contribution < -0.4 is 0 Å². The summed E-state index contributed by atoms with van der Waals surface area (Å²) < 4.78 is 40.3. The third kappa shape index (κ3) is 2.55. The lowest BCUT2D eigenvalue weighted by Gasteiger charge is -2.23. The highest BCUT2D eigenvalue weighted by Crippen LogP contribution is 2.34. The van der Waals surface area contributed by atoms with Gasteiger partial charge in [-0.15, -0.1) is 0 Å². The summed E-state index contributed by atoms with van der Waals surface area (Å²) in [5.41, 5.74) is 0.678. The van der Waals surface area contributed by atoms with Crippen molar-refractivity contribution in [2.75, 3.05) is 6.61 Å². The molecule has 0 saturated heterocycles. The summed E-state index contributed by atoms with van der Waals surface area (Å²) >= 11 is 0. The molecule has 1 N–H and O–H groups in total. The van der Waals surface area contributed by atoms with Crippen LogP contribution in [-0.4, -0.2) is 21.3 Å². The van der Waals surface area contributed by atoms with Crippen molar-refractivity contribution in [1.82, 2.24) is 9.55 Å². The van der Waals surface area contributed by atoms with E-state index >= 15 is 0 Å². The Balaban J connectivity index is 2.04. The van der Waals surface area contributed by atoms with Crippen LogP contribution in [0, 0.1) is 0 Å². The number of hydrogen-bond acceptors (Lipinski definition) is 2. The molecule has 1 unspecified atom stereocenters. The monoisotopic (exact) mass is 296 g/mol. The minimum atomic E-state index is -4.36. The van der Waals surface area contributed by atoms with E-state index in [2.05, 4.69) is 4.98 Å². The SMILES string of the molecule is OCC1CCCn2c1cnc2-c1cccc(C(F)(F)F)c1. The first-order valence-corrected chi connectivity index (χ1v) is 6.84. The number of aromatic nitrogens is 2. The van der Waals surface area contributed by atoms with Crippen LogP contribution in [0.2, 0.25) is 0 Å². The lowest BCUT2D eigenvalue weighted by Crippen LogP contribution is -2.18. The van der Waals surface area contributed by atoms with Crippen molar-refractivity contribution >= 4 is 0 Å². The van der Waals surface area contributed by atoms with Crippen LogP contribution >= 0.6 is 0 Å². The number of aliphatic hydroxyl groups excluding tert-OH is 1. The Labute approximate surface area is 120 Å². The molecule has 1 aliphatic heterocycles. The van der Waals surface area contributed by atoms with Gasteiger partial charge in [0.15, 0.2) is 0 Å². The number of imidazole rings is 1. The van der Waals surface area contributed by atoms with E-state index in [9.17, 15) is 18.3 Å². The molecule has 2 heterocycles. The van der Waals surface area contributed by atoms with Gasteiger partial charge in [0.1, 0.15) is 5.82 Å². The standard InChI is InChI=1S/C15H15F3N2O/c16-15(17,18)12-5-1-3-10(7-12)14-19-8-13-11(9-21)4-2-6-20(13)14/h1,3,5,7-8,11,21H,2,4,6,9H2. The highest BCUT2D eigenvalue weighted by atomic mass is 19.4. The van der Waals surface area contributed by atoms with E-state index in [1.54, 1.807) is 12.3 Å². The number of nitrogens with zero attached hydrogens (tertiary/aromatic N) is 2. The van der Waals surface area contributed by atoms with Gasteiger partial charge in [0, 0.05) is 29.9 Å². The minimum absolute atomic E-state index is 0.0193. The van der Waals surface area contributed by atoms with Gasteiger partial charge in [-0.1, -0.05) is 12.1 Å². The molecule has 0 saturated carbocycles. The number of fused-ring (bicyclic) bond motifs is 1. The first-order chi connectivity index (χ1) is 10.0. The molecule has 3 rings (SSSR count). The van der Waals surface area contributed by atoms with Crippen LogP contribution in [0.4, 0.5) is 13.2 Å². The van der Waals surface area contributed by atoms with Crippen LogP contribution in [-0.2, 0) is 12.7 Å². The Kier molecular flexibility index (Phi) is 3.49. The molecule has 21 heavy (non-hydrogen) atoms. The van der Waals surface area contributed by atoms with Gasteiger partial charge in [0.25, 0.3) is 0 Å². The average Bonchev–Trinajstić information content (AvgIpc) is 2.90. The van der Waals surface area contributed by atoms with Gasteiger partial charge in [-0.25, -0.2) is 4.98 Å². The fourth-order valence-electron chi connectivity index (χ4n) is 2.84. The maximum absolute atomic E-state index is 12.8. The number of benzene rings is 1. The third-order valence-electron chi connectivity index (χ3n) is 3.91. The topological polar surface area (TPSA) is 38.0 Å². The second-order valence-electron chi connectivity index (χ2n) is 5.26. The van der Waals surface area contributed by atoms with E-state index in [-0.39, 0.29) is 12.5 Å². The van der Waals surface area contributed by atoms with Crippen molar-refractivity contribution in [1.29, 1.82) is 0 Å². The van der Waals surface area contributed by atoms with Crippen molar-refractivity contribution in [3.8, 4) is 11.4 Å². The highest BCUT2D eigenvalue weighted by molar-refractivity contribution is 5.58. The predicted molar refractivity (Wildman–Crippen MR) is 71.7 cm³/mol. The minimum Gasteiger partial charge on any atom is -0.396 e. The van der Waals surface area contributed by atoms with E-state index in [1.165, 1.54) is 6.07 Å². The molecule has 0 radical (unpaired) electrons. The van der Waals surface area contributed by atoms with E-state index < -0.39 is 11.7 Å². The molecule has 0 bridgehead atoms. The van der Waals surface area contributed by atoms with E-state index in [0.717, 1.165) is 37.2 Å². The molecule has 0 fully saturated rings. The Morgan fingerprint density at radius 1 is 1.33 bits per heavy atom. The molecule has 0 spiro atoms. The van der Waals surface area contributed by atoms with Crippen LogP contribution in [0.3, 0.4) is 0 Å². The quantitative estimate of drug-likeness (QED) is 0.922. The average molecular weight is 296 g/mol. The molecule has 1 aromatic heterocycles. The largest absolute Gasteiger partial charge is 0.416 e. The second kappa shape index (κ2) is 5.18. The number of aliphatic hydroxyl groups is 1.